The maximum atomic E-state index is 11.7. The number of carbonyl (C=O) groups excluding carboxylic acids is 1. The number of esters is 1. The van der Waals surface area contributed by atoms with Crippen molar-refractivity contribution in [1.82, 2.24) is 4.90 Å². The van der Waals surface area contributed by atoms with Gasteiger partial charge in [-0.3, -0.25) is 9.69 Å². The van der Waals surface area contributed by atoms with Crippen LogP contribution in [0.15, 0.2) is 24.3 Å². The van der Waals surface area contributed by atoms with E-state index in [0.29, 0.717) is 18.6 Å². The molecule has 1 unspecified atom stereocenters. The van der Waals surface area contributed by atoms with Gasteiger partial charge < -0.3 is 4.74 Å². The number of carbonyl (C=O) groups is 1. The fraction of sp³-hybridized carbons (Fsp3) is 0.529. The number of ether oxygens (including phenoxy) is 1. The second-order valence-corrected chi connectivity index (χ2v) is 5.44. The van der Waals surface area contributed by atoms with Crippen molar-refractivity contribution in [3.05, 3.63) is 35.4 Å². The second kappa shape index (κ2) is 7.80. The summed E-state index contributed by atoms with van der Waals surface area (Å²) in [5, 5.41) is 8.97. The van der Waals surface area contributed by atoms with E-state index in [1.165, 1.54) is 6.42 Å². The molecule has 0 N–H and O–H groups in total. The van der Waals surface area contributed by atoms with Crippen LogP contribution in [0.25, 0.3) is 0 Å². The number of nitrogens with zero attached hydrogens (tertiary/aromatic N) is 2. The van der Waals surface area contributed by atoms with Gasteiger partial charge in [0.2, 0.25) is 0 Å². The lowest BCUT2D eigenvalue weighted by molar-refractivity contribution is -0.145. The van der Waals surface area contributed by atoms with Gasteiger partial charge in [-0.1, -0.05) is 18.6 Å². The van der Waals surface area contributed by atoms with Crippen LogP contribution in [0.2, 0.25) is 0 Å². The average molecular weight is 286 g/mol. The summed E-state index contributed by atoms with van der Waals surface area (Å²) < 4.78 is 5.07. The number of hydrogen-bond acceptors (Lipinski definition) is 4. The van der Waals surface area contributed by atoms with Crippen LogP contribution >= 0.6 is 0 Å². The van der Waals surface area contributed by atoms with E-state index in [9.17, 15) is 4.79 Å². The summed E-state index contributed by atoms with van der Waals surface area (Å²) in [5.41, 5.74) is 1.82. The van der Waals surface area contributed by atoms with Crippen molar-refractivity contribution >= 4 is 5.97 Å². The highest BCUT2D eigenvalue weighted by Gasteiger charge is 2.25. The molecule has 0 bridgehead atoms. The lowest BCUT2D eigenvalue weighted by atomic mass is 9.98. The third-order valence-corrected chi connectivity index (χ3v) is 3.90. The smallest absolute Gasteiger partial charge is 0.307 e. The summed E-state index contributed by atoms with van der Waals surface area (Å²) >= 11 is 0. The van der Waals surface area contributed by atoms with Gasteiger partial charge >= 0.3 is 5.97 Å². The van der Waals surface area contributed by atoms with Crippen molar-refractivity contribution in [1.29, 1.82) is 5.26 Å². The average Bonchev–Trinajstić information content (AvgIpc) is 2.50. The molecule has 1 aromatic carbocycles. The molecule has 4 nitrogen and oxygen atoms in total. The Labute approximate surface area is 126 Å². The summed E-state index contributed by atoms with van der Waals surface area (Å²) in [6, 6.07) is 10.1. The van der Waals surface area contributed by atoms with Gasteiger partial charge in [0.25, 0.3) is 0 Å². The van der Waals surface area contributed by atoms with Crippen LogP contribution in [0.1, 0.15) is 43.7 Å². The van der Waals surface area contributed by atoms with Crippen LogP contribution in [-0.2, 0) is 16.1 Å². The number of hydrogen-bond donors (Lipinski definition) is 0. The zero-order chi connectivity index (χ0) is 15.1. The van der Waals surface area contributed by atoms with E-state index in [2.05, 4.69) is 11.0 Å². The number of nitriles is 1. The first-order valence-electron chi connectivity index (χ1n) is 7.61. The van der Waals surface area contributed by atoms with Crippen molar-refractivity contribution < 1.29 is 9.53 Å². The van der Waals surface area contributed by atoms with Crippen molar-refractivity contribution in [3.8, 4) is 6.07 Å². The minimum Gasteiger partial charge on any atom is -0.466 e. The third kappa shape index (κ3) is 4.57. The minimum atomic E-state index is -0.111. The summed E-state index contributed by atoms with van der Waals surface area (Å²) in [6.45, 7) is 4.07. The standard InChI is InChI=1S/C17H22N2O2/c1-2-21-17(20)11-16-8-3-4-9-19(16)13-15-7-5-6-14(10-15)12-18/h5-7,10,16H,2-4,8-9,11,13H2,1H3. The number of piperidine rings is 1. The highest BCUT2D eigenvalue weighted by molar-refractivity contribution is 5.70. The fourth-order valence-electron chi connectivity index (χ4n) is 2.89. The van der Waals surface area contributed by atoms with E-state index >= 15 is 0 Å². The fourth-order valence-corrected chi connectivity index (χ4v) is 2.89. The molecule has 1 aliphatic heterocycles. The molecule has 0 radical (unpaired) electrons. The van der Waals surface area contributed by atoms with Gasteiger partial charge in [0, 0.05) is 12.6 Å². The Morgan fingerprint density at radius 3 is 3.10 bits per heavy atom. The Hall–Kier alpha value is -1.86. The zero-order valence-corrected chi connectivity index (χ0v) is 12.5. The largest absolute Gasteiger partial charge is 0.466 e. The van der Waals surface area contributed by atoms with Gasteiger partial charge in [-0.25, -0.2) is 0 Å². The molecule has 112 valence electrons. The predicted octanol–water partition coefficient (Wildman–Crippen LogP) is 2.87. The lowest BCUT2D eigenvalue weighted by Gasteiger charge is -2.35. The van der Waals surface area contributed by atoms with E-state index in [4.69, 9.17) is 10.00 Å². The minimum absolute atomic E-state index is 0.111. The first-order chi connectivity index (χ1) is 10.2. The molecule has 0 aliphatic carbocycles. The molecule has 0 amide bonds. The molecule has 1 saturated heterocycles. The van der Waals surface area contributed by atoms with Gasteiger partial charge in [-0.15, -0.1) is 0 Å². The van der Waals surface area contributed by atoms with E-state index < -0.39 is 0 Å². The van der Waals surface area contributed by atoms with Crippen LogP contribution in [0.4, 0.5) is 0 Å². The third-order valence-electron chi connectivity index (χ3n) is 3.90. The van der Waals surface area contributed by atoms with Crippen molar-refractivity contribution in [3.63, 3.8) is 0 Å². The van der Waals surface area contributed by atoms with Gasteiger partial charge in [0.05, 0.1) is 24.7 Å². The molecule has 0 aromatic heterocycles. The molecule has 1 heterocycles. The van der Waals surface area contributed by atoms with Crippen molar-refractivity contribution in [2.75, 3.05) is 13.2 Å². The highest BCUT2D eigenvalue weighted by Crippen LogP contribution is 2.22. The lowest BCUT2D eigenvalue weighted by Crippen LogP contribution is -2.40. The van der Waals surface area contributed by atoms with E-state index in [1.54, 1.807) is 0 Å². The second-order valence-electron chi connectivity index (χ2n) is 5.44. The number of likely N-dealkylation sites (tertiary alicyclic amines) is 1. The van der Waals surface area contributed by atoms with Gasteiger partial charge in [0.1, 0.15) is 0 Å². The molecule has 1 aliphatic rings. The molecule has 2 rings (SSSR count). The predicted molar refractivity (Wildman–Crippen MR) is 80.5 cm³/mol. The molecule has 21 heavy (non-hydrogen) atoms. The van der Waals surface area contributed by atoms with Crippen LogP contribution in [0, 0.1) is 11.3 Å². The first-order valence-corrected chi connectivity index (χ1v) is 7.61. The molecular weight excluding hydrogens is 264 g/mol. The quantitative estimate of drug-likeness (QED) is 0.781. The summed E-state index contributed by atoms with van der Waals surface area (Å²) in [4.78, 5) is 14.1. The van der Waals surface area contributed by atoms with Crippen molar-refractivity contribution in [2.45, 2.75) is 45.2 Å². The zero-order valence-electron chi connectivity index (χ0n) is 12.5. The normalized spacial score (nSPS) is 19.0. The van der Waals surface area contributed by atoms with Crippen molar-refractivity contribution in [2.24, 2.45) is 0 Å². The Kier molecular flexibility index (Phi) is 5.77. The molecule has 1 fully saturated rings. The topological polar surface area (TPSA) is 53.3 Å². The maximum absolute atomic E-state index is 11.7. The monoisotopic (exact) mass is 286 g/mol. The molecule has 1 atom stereocenters. The molecular formula is C17H22N2O2. The Bertz CT molecular complexity index is 522. The van der Waals surface area contributed by atoms with Crippen LogP contribution in [-0.4, -0.2) is 30.1 Å². The molecule has 4 heteroatoms. The molecule has 0 spiro atoms. The van der Waals surface area contributed by atoms with Crippen LogP contribution in [0.5, 0.6) is 0 Å². The van der Waals surface area contributed by atoms with E-state index in [0.717, 1.165) is 31.5 Å². The highest BCUT2D eigenvalue weighted by atomic mass is 16.5. The summed E-state index contributed by atoms with van der Waals surface area (Å²) in [5.74, 6) is -0.111. The summed E-state index contributed by atoms with van der Waals surface area (Å²) in [7, 11) is 0. The number of benzene rings is 1. The Morgan fingerprint density at radius 2 is 2.33 bits per heavy atom. The van der Waals surface area contributed by atoms with E-state index in [-0.39, 0.29) is 12.0 Å². The molecule has 1 aromatic rings. The van der Waals surface area contributed by atoms with E-state index in [1.807, 2.05) is 31.2 Å². The first kappa shape index (κ1) is 15.5. The Balaban J connectivity index is 2.01. The number of rotatable bonds is 5. The van der Waals surface area contributed by atoms with Crippen LogP contribution < -0.4 is 0 Å². The Morgan fingerprint density at radius 1 is 1.48 bits per heavy atom. The SMILES string of the molecule is CCOC(=O)CC1CCCCN1Cc1cccc(C#N)c1. The summed E-state index contributed by atoms with van der Waals surface area (Å²) in [6.07, 6.45) is 3.83. The van der Waals surface area contributed by atoms with Gasteiger partial charge in [-0.05, 0) is 44.0 Å². The van der Waals surface area contributed by atoms with Crippen LogP contribution in [0.3, 0.4) is 0 Å². The van der Waals surface area contributed by atoms with Gasteiger partial charge in [0.15, 0.2) is 0 Å². The molecule has 0 saturated carbocycles. The maximum Gasteiger partial charge on any atom is 0.307 e. The van der Waals surface area contributed by atoms with Gasteiger partial charge in [-0.2, -0.15) is 5.26 Å².